The van der Waals surface area contributed by atoms with E-state index in [1.54, 1.807) is 12.1 Å². The highest BCUT2D eigenvalue weighted by atomic mass is 32.2. The van der Waals surface area contributed by atoms with Crippen LogP contribution in [0.1, 0.15) is 62.5 Å². The highest BCUT2D eigenvalue weighted by Gasteiger charge is 2.21. The molecule has 0 fully saturated rings. The maximum Gasteiger partial charge on any atom is 0.269 e. The molecule has 0 saturated carbocycles. The van der Waals surface area contributed by atoms with Crippen molar-refractivity contribution in [3.63, 3.8) is 0 Å². The third-order valence-corrected chi connectivity index (χ3v) is 6.20. The zero-order valence-electron chi connectivity index (χ0n) is 19.2. The van der Waals surface area contributed by atoms with Crippen molar-refractivity contribution in [2.24, 2.45) is 0 Å². The summed E-state index contributed by atoms with van der Waals surface area (Å²) in [5, 5.41) is 23.5. The summed E-state index contributed by atoms with van der Waals surface area (Å²) in [5.74, 6) is 1.26. The van der Waals surface area contributed by atoms with Crippen molar-refractivity contribution in [2.45, 2.75) is 63.4 Å². The van der Waals surface area contributed by atoms with E-state index >= 15 is 0 Å². The van der Waals surface area contributed by atoms with Crippen LogP contribution >= 0.6 is 11.8 Å². The zero-order chi connectivity index (χ0) is 23.8. The van der Waals surface area contributed by atoms with Crippen LogP contribution in [0.4, 0.5) is 5.69 Å². The Morgan fingerprint density at radius 3 is 2.61 bits per heavy atom. The van der Waals surface area contributed by atoms with E-state index in [2.05, 4.69) is 47.6 Å². The van der Waals surface area contributed by atoms with Gasteiger partial charge in [0.2, 0.25) is 5.91 Å². The van der Waals surface area contributed by atoms with Gasteiger partial charge in [-0.15, -0.1) is 10.2 Å². The van der Waals surface area contributed by atoms with E-state index in [0.717, 1.165) is 24.8 Å². The number of carbonyl (C=O) groups excluding carboxylic acids is 1. The van der Waals surface area contributed by atoms with Crippen molar-refractivity contribution >= 4 is 23.4 Å². The van der Waals surface area contributed by atoms with Gasteiger partial charge in [-0.2, -0.15) is 0 Å². The number of thioether (sulfide) groups is 1. The third kappa shape index (κ3) is 6.64. The summed E-state index contributed by atoms with van der Waals surface area (Å²) >= 11 is 1.53. The summed E-state index contributed by atoms with van der Waals surface area (Å²) < 4.78 is 1.86. The van der Waals surface area contributed by atoms with E-state index in [1.807, 2.05) is 17.6 Å². The lowest BCUT2D eigenvalue weighted by atomic mass is 10.2. The Labute approximate surface area is 198 Å². The number of unbranched alkanes of at least 4 members (excludes halogenated alkanes) is 2. The second-order valence-corrected chi connectivity index (χ2v) is 8.92. The Bertz CT molecular complexity index is 1100. The molecule has 1 atom stereocenters. The molecule has 174 valence electrons. The molecular formula is C24H29N5O3S. The Hall–Kier alpha value is -3.20. The van der Waals surface area contributed by atoms with Gasteiger partial charge >= 0.3 is 0 Å². The quantitative estimate of drug-likeness (QED) is 0.172. The molecule has 3 rings (SSSR count). The fourth-order valence-corrected chi connectivity index (χ4v) is 4.39. The van der Waals surface area contributed by atoms with E-state index in [4.69, 9.17) is 0 Å². The molecule has 9 heteroatoms. The standard InChI is InChI=1S/C24H29N5O3S/c1-4-5-6-10-22(30)25-18(3)23-26-27-24(33-16-19-9-7-8-17(2)15-19)28(23)20-11-13-21(14-12-20)29(31)32/h7-9,11-15,18H,4-6,10,16H2,1-3H3,(H,25,30). The molecule has 1 amide bonds. The summed E-state index contributed by atoms with van der Waals surface area (Å²) in [6.45, 7) is 6.03. The highest BCUT2D eigenvalue weighted by molar-refractivity contribution is 7.98. The van der Waals surface area contributed by atoms with Crippen LogP contribution < -0.4 is 5.32 Å². The lowest BCUT2D eigenvalue weighted by molar-refractivity contribution is -0.384. The Morgan fingerprint density at radius 1 is 1.18 bits per heavy atom. The molecule has 0 bridgehead atoms. The number of aromatic nitrogens is 3. The van der Waals surface area contributed by atoms with Gasteiger partial charge in [-0.3, -0.25) is 19.5 Å². The molecule has 1 aromatic heterocycles. The fourth-order valence-electron chi connectivity index (χ4n) is 3.48. The Kier molecular flexibility index (Phi) is 8.59. The number of carbonyl (C=O) groups is 1. The first-order valence-electron chi connectivity index (χ1n) is 11.1. The van der Waals surface area contributed by atoms with Crippen molar-refractivity contribution in [1.29, 1.82) is 0 Å². The predicted molar refractivity (Wildman–Crippen MR) is 129 cm³/mol. The second kappa shape index (κ2) is 11.6. The van der Waals surface area contributed by atoms with Crippen LogP contribution in [0.3, 0.4) is 0 Å². The monoisotopic (exact) mass is 467 g/mol. The van der Waals surface area contributed by atoms with Crippen molar-refractivity contribution < 1.29 is 9.72 Å². The number of aryl methyl sites for hydroxylation is 1. The molecular weight excluding hydrogens is 438 g/mol. The van der Waals surface area contributed by atoms with Crippen LogP contribution in [0.2, 0.25) is 0 Å². The molecule has 1 unspecified atom stereocenters. The molecule has 1 N–H and O–H groups in total. The lowest BCUT2D eigenvalue weighted by Gasteiger charge is -2.16. The second-order valence-electron chi connectivity index (χ2n) is 7.97. The van der Waals surface area contributed by atoms with Gasteiger partial charge in [-0.1, -0.05) is 61.4 Å². The van der Waals surface area contributed by atoms with Crippen molar-refractivity contribution in [3.8, 4) is 5.69 Å². The number of rotatable bonds is 11. The number of hydrogen-bond donors (Lipinski definition) is 1. The van der Waals surface area contributed by atoms with Gasteiger partial charge < -0.3 is 5.32 Å². The first kappa shape index (κ1) is 24.4. The third-order valence-electron chi connectivity index (χ3n) is 5.20. The summed E-state index contributed by atoms with van der Waals surface area (Å²) in [5.41, 5.74) is 3.07. The van der Waals surface area contributed by atoms with E-state index in [-0.39, 0.29) is 17.6 Å². The molecule has 3 aromatic rings. The number of nitro benzene ring substituents is 1. The number of nitrogens with zero attached hydrogens (tertiary/aromatic N) is 4. The van der Waals surface area contributed by atoms with E-state index < -0.39 is 4.92 Å². The molecule has 8 nitrogen and oxygen atoms in total. The van der Waals surface area contributed by atoms with Crippen molar-refractivity contribution in [3.05, 3.63) is 75.6 Å². The fraction of sp³-hybridized carbons (Fsp3) is 0.375. The predicted octanol–water partition coefficient (Wildman–Crippen LogP) is 5.53. The Balaban J connectivity index is 1.87. The zero-order valence-corrected chi connectivity index (χ0v) is 20.0. The highest BCUT2D eigenvalue weighted by Crippen LogP contribution is 2.28. The van der Waals surface area contributed by atoms with E-state index in [0.29, 0.717) is 28.8 Å². The average molecular weight is 468 g/mol. The lowest BCUT2D eigenvalue weighted by Crippen LogP contribution is -2.28. The van der Waals surface area contributed by atoms with Crippen molar-refractivity contribution in [2.75, 3.05) is 0 Å². The molecule has 0 aliphatic carbocycles. The SMILES string of the molecule is CCCCCC(=O)NC(C)c1nnc(SCc2cccc(C)c2)n1-c1ccc([N+](=O)[O-])cc1. The number of hydrogen-bond acceptors (Lipinski definition) is 6. The number of benzene rings is 2. The molecule has 0 aliphatic rings. The number of nitro groups is 1. The average Bonchev–Trinajstić information content (AvgIpc) is 3.22. The van der Waals surface area contributed by atoms with Gasteiger partial charge in [0.1, 0.15) is 0 Å². The topological polar surface area (TPSA) is 103 Å². The van der Waals surface area contributed by atoms with Crippen LogP contribution in [0.5, 0.6) is 0 Å². The summed E-state index contributed by atoms with van der Waals surface area (Å²) in [6, 6.07) is 14.2. The number of non-ortho nitro benzene ring substituents is 1. The van der Waals surface area contributed by atoms with Crippen LogP contribution in [0.25, 0.3) is 5.69 Å². The minimum absolute atomic E-state index is 0.0135. The smallest absolute Gasteiger partial charge is 0.269 e. The molecule has 0 saturated heterocycles. The summed E-state index contributed by atoms with van der Waals surface area (Å²) in [6.07, 6.45) is 3.39. The molecule has 1 heterocycles. The normalized spacial score (nSPS) is 11.8. The molecule has 0 spiro atoms. The summed E-state index contributed by atoms with van der Waals surface area (Å²) in [4.78, 5) is 23.0. The van der Waals surface area contributed by atoms with Crippen LogP contribution in [0, 0.1) is 17.0 Å². The minimum atomic E-state index is -0.427. The first-order valence-corrected chi connectivity index (χ1v) is 12.1. The molecule has 0 aliphatic heterocycles. The van der Waals surface area contributed by atoms with Crippen LogP contribution in [-0.2, 0) is 10.5 Å². The van der Waals surface area contributed by atoms with Gasteiger partial charge in [-0.25, -0.2) is 0 Å². The van der Waals surface area contributed by atoms with Crippen molar-refractivity contribution in [1.82, 2.24) is 20.1 Å². The van der Waals surface area contributed by atoms with E-state index in [1.165, 1.54) is 29.5 Å². The van der Waals surface area contributed by atoms with Gasteiger partial charge in [0.05, 0.1) is 11.0 Å². The minimum Gasteiger partial charge on any atom is -0.346 e. The van der Waals surface area contributed by atoms with Gasteiger partial charge in [0.25, 0.3) is 5.69 Å². The van der Waals surface area contributed by atoms with Gasteiger partial charge in [-0.05, 0) is 38.0 Å². The maximum absolute atomic E-state index is 12.4. The van der Waals surface area contributed by atoms with Gasteiger partial charge in [0, 0.05) is 30.0 Å². The maximum atomic E-state index is 12.4. The Morgan fingerprint density at radius 2 is 1.94 bits per heavy atom. The number of amides is 1. The van der Waals surface area contributed by atoms with Crippen LogP contribution in [0.15, 0.2) is 53.7 Å². The molecule has 0 radical (unpaired) electrons. The largest absolute Gasteiger partial charge is 0.346 e. The molecule has 33 heavy (non-hydrogen) atoms. The first-order chi connectivity index (χ1) is 15.9. The van der Waals surface area contributed by atoms with Gasteiger partial charge in [0.15, 0.2) is 11.0 Å². The van der Waals surface area contributed by atoms with Crippen LogP contribution in [-0.4, -0.2) is 25.6 Å². The summed E-state index contributed by atoms with van der Waals surface area (Å²) in [7, 11) is 0. The molecule has 2 aromatic carbocycles. The van der Waals surface area contributed by atoms with E-state index in [9.17, 15) is 14.9 Å². The number of nitrogens with one attached hydrogen (secondary N) is 1.